The first-order valence-electron chi connectivity index (χ1n) is 9.84. The molecule has 0 bridgehead atoms. The second-order valence-electron chi connectivity index (χ2n) is 7.47. The van der Waals surface area contributed by atoms with E-state index in [0.29, 0.717) is 30.5 Å². The lowest BCUT2D eigenvalue weighted by atomic mass is 10.2. The van der Waals surface area contributed by atoms with E-state index >= 15 is 0 Å². The third kappa shape index (κ3) is 4.94. The minimum Gasteiger partial charge on any atom is -0.334 e. The van der Waals surface area contributed by atoms with Crippen LogP contribution >= 0.6 is 0 Å². The Kier molecular flexibility index (Phi) is 6.74. The Morgan fingerprint density at radius 1 is 1.25 bits per heavy atom. The van der Waals surface area contributed by atoms with Gasteiger partial charge in [0.2, 0.25) is 0 Å². The number of benzene rings is 1. The molecule has 8 heteroatoms. The maximum absolute atomic E-state index is 13.2. The maximum atomic E-state index is 13.2. The summed E-state index contributed by atoms with van der Waals surface area (Å²) in [5.74, 6) is -0.433. The SMILES string of the molecule is CCN1CCCC1CN(CCN(C)C)C(=O)c1cnn(-c2ccc(F)cc2)n1. The number of rotatable bonds is 8. The fourth-order valence-electron chi connectivity index (χ4n) is 3.59. The van der Waals surface area contributed by atoms with Crippen LogP contribution in [0, 0.1) is 5.82 Å². The predicted octanol–water partition coefficient (Wildman–Crippen LogP) is 1.89. The van der Waals surface area contributed by atoms with Crippen LogP contribution in [0.25, 0.3) is 5.69 Å². The van der Waals surface area contributed by atoms with Crippen molar-refractivity contribution in [3.8, 4) is 5.69 Å². The van der Waals surface area contributed by atoms with E-state index in [1.54, 1.807) is 12.1 Å². The van der Waals surface area contributed by atoms with Gasteiger partial charge in [0, 0.05) is 25.7 Å². The van der Waals surface area contributed by atoms with Crippen LogP contribution in [-0.2, 0) is 0 Å². The van der Waals surface area contributed by atoms with Crippen molar-refractivity contribution in [3.05, 3.63) is 42.0 Å². The zero-order valence-electron chi connectivity index (χ0n) is 16.9. The summed E-state index contributed by atoms with van der Waals surface area (Å²) >= 11 is 0. The van der Waals surface area contributed by atoms with Gasteiger partial charge in [-0.2, -0.15) is 9.90 Å². The first kappa shape index (κ1) is 20.4. The number of likely N-dealkylation sites (tertiary alicyclic amines) is 1. The third-order valence-corrected chi connectivity index (χ3v) is 5.21. The fourth-order valence-corrected chi connectivity index (χ4v) is 3.59. The number of likely N-dealkylation sites (N-methyl/N-ethyl adjacent to an activating group) is 2. The van der Waals surface area contributed by atoms with E-state index in [0.717, 1.165) is 26.1 Å². The van der Waals surface area contributed by atoms with E-state index in [4.69, 9.17) is 0 Å². The highest BCUT2D eigenvalue weighted by molar-refractivity contribution is 5.92. The molecule has 28 heavy (non-hydrogen) atoms. The molecule has 1 atom stereocenters. The lowest BCUT2D eigenvalue weighted by molar-refractivity contribution is 0.0688. The molecular formula is C20H29FN6O. The topological polar surface area (TPSA) is 57.5 Å². The Morgan fingerprint density at radius 3 is 2.68 bits per heavy atom. The summed E-state index contributed by atoms with van der Waals surface area (Å²) in [5.41, 5.74) is 0.928. The second-order valence-corrected chi connectivity index (χ2v) is 7.47. The van der Waals surface area contributed by atoms with Crippen molar-refractivity contribution in [1.29, 1.82) is 0 Å². The summed E-state index contributed by atoms with van der Waals surface area (Å²) in [5, 5.41) is 8.53. The number of halogens is 1. The normalized spacial score (nSPS) is 17.4. The van der Waals surface area contributed by atoms with Crippen molar-refractivity contribution in [2.45, 2.75) is 25.8 Å². The second kappa shape index (κ2) is 9.25. The number of amides is 1. The van der Waals surface area contributed by atoms with Crippen molar-refractivity contribution in [2.24, 2.45) is 0 Å². The molecule has 1 aliphatic rings. The summed E-state index contributed by atoms with van der Waals surface area (Å²) < 4.78 is 13.1. The van der Waals surface area contributed by atoms with Crippen LogP contribution in [0.4, 0.5) is 4.39 Å². The quantitative estimate of drug-likeness (QED) is 0.691. The number of aromatic nitrogens is 3. The third-order valence-electron chi connectivity index (χ3n) is 5.21. The molecule has 1 aromatic carbocycles. The molecule has 2 heterocycles. The predicted molar refractivity (Wildman–Crippen MR) is 106 cm³/mol. The lowest BCUT2D eigenvalue weighted by Gasteiger charge is -2.30. The number of carbonyl (C=O) groups excluding carboxylic acids is 1. The van der Waals surface area contributed by atoms with Gasteiger partial charge in [-0.3, -0.25) is 9.69 Å². The molecule has 1 unspecified atom stereocenters. The van der Waals surface area contributed by atoms with Crippen LogP contribution in [0.5, 0.6) is 0 Å². The van der Waals surface area contributed by atoms with Gasteiger partial charge in [0.25, 0.3) is 5.91 Å². The molecule has 0 spiro atoms. The highest BCUT2D eigenvalue weighted by Crippen LogP contribution is 2.18. The van der Waals surface area contributed by atoms with E-state index < -0.39 is 0 Å². The first-order valence-corrected chi connectivity index (χ1v) is 9.84. The zero-order chi connectivity index (χ0) is 20.1. The summed E-state index contributed by atoms with van der Waals surface area (Å²) in [4.78, 5) is 20.9. The van der Waals surface area contributed by atoms with Gasteiger partial charge in [-0.25, -0.2) is 4.39 Å². The molecule has 152 valence electrons. The van der Waals surface area contributed by atoms with Gasteiger partial charge in [0.15, 0.2) is 5.69 Å². The van der Waals surface area contributed by atoms with Crippen molar-refractivity contribution in [3.63, 3.8) is 0 Å². The first-order chi connectivity index (χ1) is 13.5. The molecule has 1 amide bonds. The summed E-state index contributed by atoms with van der Waals surface area (Å²) in [6, 6.07) is 6.27. The Morgan fingerprint density at radius 2 is 2.00 bits per heavy atom. The van der Waals surface area contributed by atoms with Crippen LogP contribution in [0.1, 0.15) is 30.3 Å². The number of nitrogens with zero attached hydrogens (tertiary/aromatic N) is 6. The van der Waals surface area contributed by atoms with Crippen molar-refractivity contribution in [2.75, 3.05) is 46.8 Å². The lowest BCUT2D eigenvalue weighted by Crippen LogP contribution is -2.45. The molecule has 0 saturated carbocycles. The minimum atomic E-state index is -0.320. The zero-order valence-corrected chi connectivity index (χ0v) is 16.9. The summed E-state index contributed by atoms with van der Waals surface area (Å²) in [7, 11) is 4.00. The van der Waals surface area contributed by atoms with Gasteiger partial charge < -0.3 is 9.80 Å². The van der Waals surface area contributed by atoms with E-state index in [1.165, 1.54) is 29.5 Å². The van der Waals surface area contributed by atoms with Gasteiger partial charge in [-0.15, -0.1) is 5.10 Å². The molecule has 1 fully saturated rings. The fraction of sp³-hybridized carbons (Fsp3) is 0.550. The van der Waals surface area contributed by atoms with E-state index in [1.807, 2.05) is 19.0 Å². The van der Waals surface area contributed by atoms with Crippen molar-refractivity contribution in [1.82, 2.24) is 29.7 Å². The molecule has 1 aliphatic heterocycles. The Balaban J connectivity index is 1.75. The molecule has 3 rings (SSSR count). The summed E-state index contributed by atoms with van der Waals surface area (Å²) in [6.07, 6.45) is 3.78. The van der Waals surface area contributed by atoms with Crippen LogP contribution in [-0.4, -0.2) is 88.5 Å². The summed E-state index contributed by atoms with van der Waals surface area (Å²) in [6.45, 7) is 6.39. The molecule has 1 saturated heterocycles. The van der Waals surface area contributed by atoms with E-state index in [9.17, 15) is 9.18 Å². The van der Waals surface area contributed by atoms with Gasteiger partial charge in [0.1, 0.15) is 5.82 Å². The standard InChI is InChI=1S/C20H29FN6O/c1-4-25-11-5-6-18(25)15-26(13-12-24(2)3)20(28)19-14-22-27(23-19)17-9-7-16(21)8-10-17/h7-10,14,18H,4-6,11-13,15H2,1-3H3. The van der Waals surface area contributed by atoms with Crippen LogP contribution in [0.2, 0.25) is 0 Å². The average molecular weight is 388 g/mol. The van der Waals surface area contributed by atoms with E-state index in [2.05, 4.69) is 26.9 Å². The Bertz CT molecular complexity index is 775. The van der Waals surface area contributed by atoms with Crippen LogP contribution in [0.3, 0.4) is 0 Å². The van der Waals surface area contributed by atoms with Crippen LogP contribution in [0.15, 0.2) is 30.5 Å². The molecule has 0 aliphatic carbocycles. The van der Waals surface area contributed by atoms with Crippen molar-refractivity contribution >= 4 is 5.91 Å². The van der Waals surface area contributed by atoms with E-state index in [-0.39, 0.29) is 11.7 Å². The largest absolute Gasteiger partial charge is 0.334 e. The monoisotopic (exact) mass is 388 g/mol. The molecular weight excluding hydrogens is 359 g/mol. The van der Waals surface area contributed by atoms with Gasteiger partial charge in [0.05, 0.1) is 11.9 Å². The molecule has 2 aromatic rings. The van der Waals surface area contributed by atoms with Gasteiger partial charge in [-0.1, -0.05) is 6.92 Å². The highest BCUT2D eigenvalue weighted by Gasteiger charge is 2.28. The highest BCUT2D eigenvalue weighted by atomic mass is 19.1. The van der Waals surface area contributed by atoms with Gasteiger partial charge in [-0.05, 0) is 64.3 Å². The Hall–Kier alpha value is -2.32. The Labute approximate surface area is 165 Å². The number of carbonyl (C=O) groups is 1. The molecule has 0 N–H and O–H groups in total. The van der Waals surface area contributed by atoms with Gasteiger partial charge >= 0.3 is 0 Å². The number of hydrogen-bond acceptors (Lipinski definition) is 5. The van der Waals surface area contributed by atoms with Crippen LogP contribution < -0.4 is 0 Å². The molecule has 1 aromatic heterocycles. The smallest absolute Gasteiger partial charge is 0.276 e. The maximum Gasteiger partial charge on any atom is 0.276 e. The van der Waals surface area contributed by atoms with Crippen molar-refractivity contribution < 1.29 is 9.18 Å². The average Bonchev–Trinajstić information content (AvgIpc) is 3.34. The number of hydrogen-bond donors (Lipinski definition) is 0. The minimum absolute atomic E-state index is 0.113. The molecule has 7 nitrogen and oxygen atoms in total. The molecule has 0 radical (unpaired) electrons.